The van der Waals surface area contributed by atoms with Gasteiger partial charge >= 0.3 is 5.97 Å². The number of para-hydroxylation sites is 1. The van der Waals surface area contributed by atoms with Crippen molar-refractivity contribution in [1.82, 2.24) is 4.90 Å². The normalized spacial score (nSPS) is 14.1. The molecule has 36 heavy (non-hydrogen) atoms. The maximum absolute atomic E-state index is 13.7. The van der Waals surface area contributed by atoms with E-state index >= 15 is 0 Å². The number of amides is 1. The molecule has 1 aliphatic rings. The van der Waals surface area contributed by atoms with E-state index in [4.69, 9.17) is 12.6 Å². The van der Waals surface area contributed by atoms with Gasteiger partial charge in [-0.3, -0.25) is 9.59 Å². The maximum Gasteiger partial charge on any atom is 0.303 e. The summed E-state index contributed by atoms with van der Waals surface area (Å²) < 4.78 is 24.1. The molecule has 0 saturated heterocycles. The molecule has 1 N–H and O–H groups in total. The lowest BCUT2D eigenvalue weighted by Gasteiger charge is -2.24. The van der Waals surface area contributed by atoms with Gasteiger partial charge in [-0.15, -0.1) is 0 Å². The summed E-state index contributed by atoms with van der Waals surface area (Å²) in [6.45, 7) is 2.45. The number of nitrogens with zero attached hydrogens (tertiary/aromatic N) is 1. The van der Waals surface area contributed by atoms with E-state index in [0.717, 1.165) is 24.0 Å². The van der Waals surface area contributed by atoms with Crippen LogP contribution in [0.3, 0.4) is 0 Å². The Balaban J connectivity index is 1.52. The number of carbonyl (C=O) groups is 2. The number of unbranched alkanes of at least 4 members (excludes halogenated alkanes) is 2. The first-order chi connectivity index (χ1) is 18.2. The average molecular weight is 488 g/mol. The van der Waals surface area contributed by atoms with Gasteiger partial charge in [-0.1, -0.05) is 48.5 Å². The quantitative estimate of drug-likeness (QED) is 0.285. The number of carboxylic acids is 1. The van der Waals surface area contributed by atoms with Crippen LogP contribution in [0.4, 0.5) is 0 Å². The smallest absolute Gasteiger partial charge is 0.303 e. The van der Waals surface area contributed by atoms with Gasteiger partial charge in [0.2, 0.25) is 0 Å². The molecular weight excluding hydrogens is 450 g/mol. The number of aliphatic carboxylic acids is 1. The van der Waals surface area contributed by atoms with Crippen molar-refractivity contribution in [2.75, 3.05) is 6.61 Å². The van der Waals surface area contributed by atoms with Crippen LogP contribution in [0, 0.1) is 13.8 Å². The summed E-state index contributed by atoms with van der Waals surface area (Å²) in [4.78, 5) is 25.8. The molecule has 0 radical (unpaired) electrons. The van der Waals surface area contributed by atoms with Gasteiger partial charge in [0.25, 0.3) is 5.91 Å². The molecule has 3 aromatic rings. The molecule has 5 heteroatoms. The highest BCUT2D eigenvalue weighted by atomic mass is 16.5. The van der Waals surface area contributed by atoms with Gasteiger partial charge in [0, 0.05) is 30.1 Å². The first-order valence-corrected chi connectivity index (χ1v) is 12.6. The van der Waals surface area contributed by atoms with Gasteiger partial charge in [0.1, 0.15) is 5.75 Å². The summed E-state index contributed by atoms with van der Waals surface area (Å²) in [6.07, 6.45) is 3.61. The van der Waals surface area contributed by atoms with Crippen LogP contribution in [0.2, 0.25) is 0 Å². The lowest BCUT2D eigenvalue weighted by atomic mass is 9.96. The maximum atomic E-state index is 13.7. The molecule has 1 fully saturated rings. The number of aryl methyl sites for hydroxylation is 1. The van der Waals surface area contributed by atoms with E-state index in [2.05, 4.69) is 26.0 Å². The average Bonchev–Trinajstić information content (AvgIpc) is 3.73. The molecule has 1 aliphatic carbocycles. The van der Waals surface area contributed by atoms with Crippen LogP contribution in [0.15, 0.2) is 66.7 Å². The third-order valence-corrected chi connectivity index (χ3v) is 6.60. The minimum absolute atomic E-state index is 0.128. The highest BCUT2D eigenvalue weighted by Crippen LogP contribution is 2.32. The third kappa shape index (κ3) is 6.54. The van der Waals surface area contributed by atoms with Crippen molar-refractivity contribution >= 4 is 11.9 Å². The predicted molar refractivity (Wildman–Crippen MR) is 142 cm³/mol. The first kappa shape index (κ1) is 22.8. The fourth-order valence-corrected chi connectivity index (χ4v) is 4.19. The fourth-order valence-electron chi connectivity index (χ4n) is 4.19. The number of hydrogen-bond acceptors (Lipinski definition) is 3. The van der Waals surface area contributed by atoms with Gasteiger partial charge in [0.15, 0.2) is 0 Å². The third-order valence-electron chi connectivity index (χ3n) is 6.60. The monoisotopic (exact) mass is 487 g/mol. The Labute approximate surface area is 216 Å². The summed E-state index contributed by atoms with van der Waals surface area (Å²) >= 11 is 0. The van der Waals surface area contributed by atoms with E-state index < -0.39 is 12.5 Å². The zero-order valence-corrected chi connectivity index (χ0v) is 21.0. The zero-order valence-electron chi connectivity index (χ0n) is 23.0. The van der Waals surface area contributed by atoms with Crippen molar-refractivity contribution in [3.63, 3.8) is 0 Å². The van der Waals surface area contributed by atoms with Crippen LogP contribution in [0.25, 0.3) is 11.1 Å². The predicted octanol–water partition coefficient (Wildman–Crippen LogP) is 6.80. The second-order valence-electron chi connectivity index (χ2n) is 9.39. The highest BCUT2D eigenvalue weighted by molar-refractivity contribution is 5.95. The highest BCUT2D eigenvalue weighted by Gasteiger charge is 2.33. The molecule has 0 unspecified atom stereocenters. The molecule has 0 bridgehead atoms. The van der Waals surface area contributed by atoms with Gasteiger partial charge in [0.05, 0.1) is 9.35 Å². The van der Waals surface area contributed by atoms with Crippen LogP contribution in [-0.4, -0.2) is 34.5 Å². The molecule has 1 saturated carbocycles. The van der Waals surface area contributed by atoms with E-state index in [0.29, 0.717) is 42.7 Å². The van der Waals surface area contributed by atoms with Gasteiger partial charge in [-0.25, -0.2) is 0 Å². The fraction of sp³-hybridized carbons (Fsp3) is 0.355. The number of carboxylic acid groups (broad SMARTS) is 1. The summed E-state index contributed by atoms with van der Waals surface area (Å²) in [5.74, 6) is -0.748. The molecule has 3 aromatic carbocycles. The lowest BCUT2D eigenvalue weighted by Crippen LogP contribution is -2.32. The number of hydrogen-bond donors (Lipinski definition) is 1. The topological polar surface area (TPSA) is 66.8 Å². The minimum Gasteiger partial charge on any atom is -0.493 e. The van der Waals surface area contributed by atoms with Crippen LogP contribution >= 0.6 is 0 Å². The number of ether oxygens (including phenoxy) is 1. The van der Waals surface area contributed by atoms with Crippen LogP contribution in [0.5, 0.6) is 5.75 Å². The molecule has 1 amide bonds. The lowest BCUT2D eigenvalue weighted by molar-refractivity contribution is -0.137. The van der Waals surface area contributed by atoms with E-state index in [1.54, 1.807) is 36.4 Å². The summed E-state index contributed by atoms with van der Waals surface area (Å²) in [6, 6.07) is 20.4. The summed E-state index contributed by atoms with van der Waals surface area (Å²) in [5.41, 5.74) is 5.31. The Hall–Kier alpha value is -3.60. The molecule has 188 valence electrons. The molecule has 4 rings (SSSR count). The molecule has 0 aliphatic heterocycles. The van der Waals surface area contributed by atoms with Gasteiger partial charge < -0.3 is 14.7 Å². The summed E-state index contributed by atoms with van der Waals surface area (Å²) in [7, 11) is 0. The first-order valence-electron chi connectivity index (χ1n) is 13.6. The Kier molecular flexibility index (Phi) is 7.54. The number of benzene rings is 3. The second-order valence-corrected chi connectivity index (χ2v) is 9.39. The molecule has 5 nitrogen and oxygen atoms in total. The Morgan fingerprint density at radius 1 is 0.972 bits per heavy atom. The van der Waals surface area contributed by atoms with Crippen molar-refractivity contribution < 1.29 is 22.2 Å². The van der Waals surface area contributed by atoms with Crippen molar-refractivity contribution in [2.24, 2.45) is 0 Å². The molecule has 0 atom stereocenters. The minimum atomic E-state index is -2.07. The molecule has 0 spiro atoms. The Bertz CT molecular complexity index is 1290. The van der Waals surface area contributed by atoms with Crippen molar-refractivity contribution in [1.29, 1.82) is 0 Å². The zero-order chi connectivity index (χ0) is 27.3. The number of rotatable bonds is 12. The Morgan fingerprint density at radius 2 is 1.72 bits per heavy atom. The van der Waals surface area contributed by atoms with Crippen molar-refractivity contribution in [3.8, 4) is 16.9 Å². The van der Waals surface area contributed by atoms with Crippen LogP contribution in [-0.2, 0) is 11.3 Å². The van der Waals surface area contributed by atoms with Crippen molar-refractivity contribution in [3.05, 3.63) is 89.0 Å². The SMILES string of the molecule is [2H]C([2H])(c1ccccc1OCCCCCC(=O)O)N(C(=O)c1ccc(-c2cccc(C)c2C)cc1)C1CC1. The van der Waals surface area contributed by atoms with E-state index in [9.17, 15) is 9.59 Å². The van der Waals surface area contributed by atoms with Gasteiger partial charge in [-0.2, -0.15) is 0 Å². The van der Waals surface area contributed by atoms with E-state index in [1.807, 2.05) is 18.2 Å². The standard InChI is InChI=1S/C31H35NO4/c1-22-9-8-11-28(23(22)2)24-14-16-25(17-15-24)31(35)32(27-18-19-27)21-26-10-5-6-12-29(26)36-20-7-3-4-13-30(33)34/h5-6,8-12,14-17,27H,3-4,7,13,18-21H2,1-2H3,(H,33,34)/i21D2. The van der Waals surface area contributed by atoms with Crippen LogP contribution in [0.1, 0.15) is 68.3 Å². The van der Waals surface area contributed by atoms with Crippen LogP contribution < -0.4 is 4.74 Å². The molecule has 0 heterocycles. The van der Waals surface area contributed by atoms with Gasteiger partial charge in [-0.05, 0) is 86.4 Å². The largest absolute Gasteiger partial charge is 0.493 e. The van der Waals surface area contributed by atoms with Crippen molar-refractivity contribution in [2.45, 2.75) is 64.9 Å². The second kappa shape index (κ2) is 11.9. The Morgan fingerprint density at radius 3 is 2.44 bits per heavy atom. The summed E-state index contributed by atoms with van der Waals surface area (Å²) in [5, 5.41) is 8.78. The molecular formula is C31H35NO4. The molecule has 0 aromatic heterocycles. The van der Waals surface area contributed by atoms with E-state index in [-0.39, 0.29) is 18.4 Å². The van der Waals surface area contributed by atoms with E-state index in [1.165, 1.54) is 16.0 Å². The number of carbonyl (C=O) groups excluding carboxylic acids is 1.